The molecular formula is C28H34N2O5S3. The van der Waals surface area contributed by atoms with Crippen LogP contribution in [-0.4, -0.2) is 42.7 Å². The maximum atomic E-state index is 13.6. The Hall–Kier alpha value is -2.66. The van der Waals surface area contributed by atoms with Gasteiger partial charge < -0.3 is 9.47 Å². The van der Waals surface area contributed by atoms with Crippen molar-refractivity contribution in [1.29, 1.82) is 0 Å². The molecule has 38 heavy (non-hydrogen) atoms. The summed E-state index contributed by atoms with van der Waals surface area (Å²) in [5, 5.41) is -0.692. The van der Waals surface area contributed by atoms with Crippen LogP contribution in [0.1, 0.15) is 37.9 Å². The Labute approximate surface area is 232 Å². The molecule has 0 amide bonds. The van der Waals surface area contributed by atoms with Crippen LogP contribution in [0.5, 0.6) is 5.75 Å². The summed E-state index contributed by atoms with van der Waals surface area (Å²) in [6, 6.07) is 22.5. The largest absolute Gasteiger partial charge is 0.497 e. The number of thioether (sulfide) groups is 1. The second-order valence-corrected chi connectivity index (χ2v) is 14.4. The molecule has 204 valence electrons. The Morgan fingerprint density at radius 3 is 2.08 bits per heavy atom. The molecule has 0 aliphatic rings. The van der Waals surface area contributed by atoms with E-state index in [9.17, 15) is 12.6 Å². The molecule has 1 N–H and O–H groups in total. The average molecular weight is 575 g/mol. The lowest BCUT2D eigenvalue weighted by Gasteiger charge is -2.29. The molecule has 0 aliphatic carbocycles. The van der Waals surface area contributed by atoms with Gasteiger partial charge in [-0.05, 0) is 69.7 Å². The number of methoxy groups -OCH3 is 2. The summed E-state index contributed by atoms with van der Waals surface area (Å²) in [4.78, 5) is 1.01. The van der Waals surface area contributed by atoms with E-state index >= 15 is 0 Å². The highest BCUT2D eigenvalue weighted by Gasteiger charge is 2.35. The number of nitrogens with one attached hydrogen (secondary N) is 1. The zero-order valence-corrected chi connectivity index (χ0v) is 24.8. The summed E-state index contributed by atoms with van der Waals surface area (Å²) in [6.45, 7) is 7.36. The third-order valence-electron chi connectivity index (χ3n) is 5.55. The minimum absolute atomic E-state index is 0.138. The lowest BCUT2D eigenvalue weighted by atomic mass is 10.0. The summed E-state index contributed by atoms with van der Waals surface area (Å²) < 4.78 is 58.0. The number of sulfonamides is 1. The van der Waals surface area contributed by atoms with E-state index in [1.54, 1.807) is 55.6 Å². The molecule has 3 rings (SSSR count). The zero-order valence-electron chi connectivity index (χ0n) is 22.4. The van der Waals surface area contributed by atoms with Gasteiger partial charge in [-0.15, -0.1) is 11.8 Å². The first-order chi connectivity index (χ1) is 17.9. The van der Waals surface area contributed by atoms with Gasteiger partial charge in [-0.3, -0.25) is 0 Å². The van der Waals surface area contributed by atoms with Crippen LogP contribution in [-0.2, 0) is 25.7 Å². The van der Waals surface area contributed by atoms with Gasteiger partial charge >= 0.3 is 0 Å². The van der Waals surface area contributed by atoms with E-state index in [4.69, 9.17) is 9.47 Å². The van der Waals surface area contributed by atoms with Gasteiger partial charge in [0, 0.05) is 4.90 Å². The minimum atomic E-state index is -3.96. The molecule has 0 radical (unpaired) electrons. The fourth-order valence-electron chi connectivity index (χ4n) is 3.40. The number of hydrogen-bond acceptors (Lipinski definition) is 6. The Kier molecular flexibility index (Phi) is 10.2. The van der Waals surface area contributed by atoms with Crippen LogP contribution in [0.25, 0.3) is 0 Å². The molecule has 0 aromatic heterocycles. The zero-order chi connectivity index (χ0) is 27.9. The van der Waals surface area contributed by atoms with Gasteiger partial charge in [0.15, 0.2) is 0 Å². The van der Waals surface area contributed by atoms with Gasteiger partial charge in [0.05, 0.1) is 29.9 Å². The molecule has 10 heteroatoms. The third-order valence-corrected chi connectivity index (χ3v) is 9.67. The van der Waals surface area contributed by atoms with Crippen molar-refractivity contribution >= 4 is 38.7 Å². The van der Waals surface area contributed by atoms with Crippen molar-refractivity contribution in [2.24, 2.45) is 4.40 Å². The average Bonchev–Trinajstić information content (AvgIpc) is 2.89. The van der Waals surface area contributed by atoms with E-state index in [-0.39, 0.29) is 10.8 Å². The van der Waals surface area contributed by atoms with E-state index in [2.05, 4.69) is 9.12 Å². The predicted octanol–water partition coefficient (Wildman–Crippen LogP) is 5.69. The van der Waals surface area contributed by atoms with Crippen molar-refractivity contribution in [3.8, 4) is 5.75 Å². The number of nitrogens with zero attached hydrogens (tertiary/aromatic N) is 1. The molecule has 3 aromatic carbocycles. The first kappa shape index (κ1) is 29.9. The quantitative estimate of drug-likeness (QED) is 0.190. The normalized spacial score (nSPS) is 14.9. The Morgan fingerprint density at radius 2 is 1.55 bits per heavy atom. The number of benzene rings is 3. The van der Waals surface area contributed by atoms with Crippen molar-refractivity contribution in [3.63, 3.8) is 0 Å². The number of aryl methyl sites for hydroxylation is 1. The van der Waals surface area contributed by atoms with E-state index in [1.165, 1.54) is 18.9 Å². The Bertz CT molecular complexity index is 1350. The molecule has 7 nitrogen and oxygen atoms in total. The number of hydrogen-bond donors (Lipinski definition) is 1. The molecule has 0 bridgehead atoms. The van der Waals surface area contributed by atoms with E-state index in [0.717, 1.165) is 10.5 Å². The van der Waals surface area contributed by atoms with Crippen molar-refractivity contribution < 1.29 is 22.1 Å². The monoisotopic (exact) mass is 574 g/mol. The maximum Gasteiger partial charge on any atom is 0.241 e. The fraction of sp³-hybridized carbons (Fsp3) is 0.321. The Morgan fingerprint density at radius 1 is 0.947 bits per heavy atom. The molecule has 0 heterocycles. The van der Waals surface area contributed by atoms with Crippen molar-refractivity contribution in [3.05, 3.63) is 90.0 Å². The van der Waals surface area contributed by atoms with Gasteiger partial charge in [-0.1, -0.05) is 48.0 Å². The summed E-state index contributed by atoms with van der Waals surface area (Å²) in [5.41, 5.74) is 1.62. The predicted molar refractivity (Wildman–Crippen MR) is 156 cm³/mol. The van der Waals surface area contributed by atoms with Gasteiger partial charge in [0.2, 0.25) is 15.9 Å². The molecule has 0 aliphatic heterocycles. The Balaban J connectivity index is 2.18. The van der Waals surface area contributed by atoms with Crippen LogP contribution in [0.3, 0.4) is 0 Å². The molecule has 3 atom stereocenters. The second-order valence-electron chi connectivity index (χ2n) is 9.53. The SMILES string of the molecule is CO/C(=N/[S@](=O)C(C)(C)C)[C@H](Sc1ccccc1)[C@H](NS(=O)(=O)c1ccc(C)cc1)c1ccc(OC)cc1. The summed E-state index contributed by atoms with van der Waals surface area (Å²) >= 11 is 1.38. The minimum Gasteiger partial charge on any atom is -0.497 e. The van der Waals surface area contributed by atoms with Crippen LogP contribution >= 0.6 is 11.8 Å². The molecule has 0 unspecified atom stereocenters. The lowest BCUT2D eigenvalue weighted by Crippen LogP contribution is -2.40. The molecule has 0 spiro atoms. The maximum absolute atomic E-state index is 13.6. The fourth-order valence-corrected chi connectivity index (χ4v) is 6.63. The van der Waals surface area contributed by atoms with E-state index < -0.39 is 37.0 Å². The van der Waals surface area contributed by atoms with Crippen LogP contribution < -0.4 is 9.46 Å². The second kappa shape index (κ2) is 12.9. The molecule has 0 fully saturated rings. The molecular weight excluding hydrogens is 541 g/mol. The smallest absolute Gasteiger partial charge is 0.241 e. The highest BCUT2D eigenvalue weighted by molar-refractivity contribution is 8.00. The van der Waals surface area contributed by atoms with Crippen LogP contribution in [0.15, 0.2) is 93.1 Å². The summed E-state index contributed by atoms with van der Waals surface area (Å²) in [5.74, 6) is 0.801. The topological polar surface area (TPSA) is 94.1 Å². The lowest BCUT2D eigenvalue weighted by molar-refractivity contribution is 0.385. The highest BCUT2D eigenvalue weighted by atomic mass is 32.2. The third kappa shape index (κ3) is 7.92. The van der Waals surface area contributed by atoms with Gasteiger partial charge in [0.25, 0.3) is 0 Å². The molecule has 3 aromatic rings. The number of ether oxygens (including phenoxy) is 2. The summed E-state index contributed by atoms with van der Waals surface area (Å²) in [7, 11) is -2.57. The van der Waals surface area contributed by atoms with Crippen LogP contribution in [0.2, 0.25) is 0 Å². The molecule has 0 saturated carbocycles. The first-order valence-corrected chi connectivity index (χ1v) is 15.4. The van der Waals surface area contributed by atoms with Crippen LogP contribution in [0, 0.1) is 6.92 Å². The standard InChI is InChI=1S/C28H34N2O5S3/c1-20-12-18-24(19-13-20)38(32,33)30-25(21-14-16-22(34-5)17-15-21)26(36-23-10-8-7-9-11-23)27(35-6)29-37(31)28(2,3)4/h7-19,25-26,30H,1-6H3/b29-27+/t25-,26-,37-/m1/s1. The highest BCUT2D eigenvalue weighted by Crippen LogP contribution is 2.36. The van der Waals surface area contributed by atoms with Crippen molar-refractivity contribution in [2.75, 3.05) is 14.2 Å². The van der Waals surface area contributed by atoms with Gasteiger partial charge in [0.1, 0.15) is 22.0 Å². The van der Waals surface area contributed by atoms with Gasteiger partial charge in [-0.25, -0.2) is 17.3 Å². The van der Waals surface area contributed by atoms with Gasteiger partial charge in [-0.2, -0.15) is 4.40 Å². The van der Waals surface area contributed by atoms with Crippen LogP contribution in [0.4, 0.5) is 0 Å². The van der Waals surface area contributed by atoms with Crippen molar-refractivity contribution in [2.45, 2.75) is 53.5 Å². The van der Waals surface area contributed by atoms with E-state index in [0.29, 0.717) is 11.3 Å². The number of rotatable bonds is 10. The molecule has 0 saturated heterocycles. The first-order valence-electron chi connectivity index (χ1n) is 11.9. The summed E-state index contributed by atoms with van der Waals surface area (Å²) in [6.07, 6.45) is 0. The van der Waals surface area contributed by atoms with E-state index in [1.807, 2.05) is 58.0 Å². The van der Waals surface area contributed by atoms with Crippen molar-refractivity contribution in [1.82, 2.24) is 4.72 Å².